The van der Waals surface area contributed by atoms with E-state index < -0.39 is 10.0 Å². The van der Waals surface area contributed by atoms with E-state index in [9.17, 15) is 13.2 Å². The van der Waals surface area contributed by atoms with Crippen LogP contribution >= 0.6 is 0 Å². The Morgan fingerprint density at radius 2 is 2.00 bits per heavy atom. The van der Waals surface area contributed by atoms with Crippen LogP contribution < -0.4 is 5.32 Å². The molecule has 0 aliphatic carbocycles. The Labute approximate surface area is 125 Å². The summed E-state index contributed by atoms with van der Waals surface area (Å²) in [5.41, 5.74) is 0.445. The highest BCUT2D eigenvalue weighted by Crippen LogP contribution is 2.24. The molecule has 0 fully saturated rings. The van der Waals surface area contributed by atoms with E-state index in [1.807, 2.05) is 19.1 Å². The molecular formula is C15H20N2O3S. The summed E-state index contributed by atoms with van der Waals surface area (Å²) in [4.78, 5) is 11.7. The predicted octanol–water partition coefficient (Wildman–Crippen LogP) is 1.78. The highest BCUT2D eigenvalue weighted by atomic mass is 32.2. The second kappa shape index (κ2) is 6.41. The van der Waals surface area contributed by atoms with Gasteiger partial charge < -0.3 is 5.32 Å². The van der Waals surface area contributed by atoms with Gasteiger partial charge in [-0.25, -0.2) is 8.42 Å². The van der Waals surface area contributed by atoms with E-state index in [0.717, 1.165) is 12.8 Å². The van der Waals surface area contributed by atoms with Crippen LogP contribution in [0.3, 0.4) is 0 Å². The largest absolute Gasteiger partial charge is 0.355 e. The summed E-state index contributed by atoms with van der Waals surface area (Å²) in [6.45, 7) is 2.44. The first-order chi connectivity index (χ1) is 10.0. The molecule has 0 bridgehead atoms. The third-order valence-corrected chi connectivity index (χ3v) is 5.45. The summed E-state index contributed by atoms with van der Waals surface area (Å²) in [5, 5.41) is 2.51. The quantitative estimate of drug-likeness (QED) is 0.843. The molecule has 0 saturated carbocycles. The maximum atomic E-state index is 12.7. The molecule has 0 radical (unpaired) electrons. The van der Waals surface area contributed by atoms with Crippen LogP contribution in [0.4, 0.5) is 0 Å². The molecule has 1 aliphatic heterocycles. The van der Waals surface area contributed by atoms with Gasteiger partial charge in [0.25, 0.3) is 5.91 Å². The summed E-state index contributed by atoms with van der Waals surface area (Å²) in [7, 11) is -1.98. The maximum Gasteiger partial charge on any atom is 0.251 e. The van der Waals surface area contributed by atoms with Crippen LogP contribution in [0.5, 0.6) is 0 Å². The number of carbonyl (C=O) groups excluding carboxylic acids is 1. The number of sulfonamides is 1. The van der Waals surface area contributed by atoms with Crippen molar-refractivity contribution in [3.63, 3.8) is 0 Å². The van der Waals surface area contributed by atoms with Crippen LogP contribution in [0.25, 0.3) is 0 Å². The van der Waals surface area contributed by atoms with Gasteiger partial charge in [0.15, 0.2) is 0 Å². The SMILES string of the molecule is CCCC1C=CCN1S(=O)(=O)c1ccc(C(=O)NC)cc1. The highest BCUT2D eigenvalue weighted by Gasteiger charge is 2.31. The molecule has 1 aromatic carbocycles. The summed E-state index contributed by atoms with van der Waals surface area (Å²) in [5.74, 6) is -0.231. The normalized spacial score (nSPS) is 18.9. The Bertz CT molecular complexity index is 635. The lowest BCUT2D eigenvalue weighted by Gasteiger charge is -2.23. The summed E-state index contributed by atoms with van der Waals surface area (Å²) in [6.07, 6.45) is 5.57. The van der Waals surface area contributed by atoms with E-state index >= 15 is 0 Å². The molecule has 0 aromatic heterocycles. The average Bonchev–Trinajstić information content (AvgIpc) is 2.96. The van der Waals surface area contributed by atoms with Crippen molar-refractivity contribution in [2.75, 3.05) is 13.6 Å². The smallest absolute Gasteiger partial charge is 0.251 e. The van der Waals surface area contributed by atoms with Crippen molar-refractivity contribution in [1.29, 1.82) is 0 Å². The average molecular weight is 308 g/mol. The molecular weight excluding hydrogens is 288 g/mol. The lowest BCUT2D eigenvalue weighted by atomic mass is 10.2. The van der Waals surface area contributed by atoms with Crippen LogP contribution in [0, 0.1) is 0 Å². The van der Waals surface area contributed by atoms with E-state index in [-0.39, 0.29) is 16.8 Å². The fourth-order valence-electron chi connectivity index (χ4n) is 2.42. The number of nitrogens with one attached hydrogen (secondary N) is 1. The van der Waals surface area contributed by atoms with Gasteiger partial charge in [0, 0.05) is 25.2 Å². The highest BCUT2D eigenvalue weighted by molar-refractivity contribution is 7.89. The Hall–Kier alpha value is -1.66. The fourth-order valence-corrected chi connectivity index (χ4v) is 3.99. The lowest BCUT2D eigenvalue weighted by Crippen LogP contribution is -2.36. The number of nitrogens with zero attached hydrogens (tertiary/aromatic N) is 1. The van der Waals surface area contributed by atoms with Gasteiger partial charge in [0.1, 0.15) is 0 Å². The molecule has 1 aromatic rings. The van der Waals surface area contributed by atoms with Gasteiger partial charge in [-0.05, 0) is 30.7 Å². The zero-order valence-corrected chi connectivity index (χ0v) is 13.1. The standard InChI is InChI=1S/C15H20N2O3S/c1-3-5-13-6-4-11-17(13)21(19,20)14-9-7-12(8-10-14)15(18)16-2/h4,6-10,13H,3,5,11H2,1-2H3,(H,16,18). The first-order valence-corrected chi connectivity index (χ1v) is 8.45. The van der Waals surface area contributed by atoms with E-state index in [4.69, 9.17) is 0 Å². The Morgan fingerprint density at radius 1 is 1.33 bits per heavy atom. The fraction of sp³-hybridized carbons (Fsp3) is 0.400. The van der Waals surface area contributed by atoms with Gasteiger partial charge in [-0.15, -0.1) is 0 Å². The molecule has 1 heterocycles. The van der Waals surface area contributed by atoms with Crippen LogP contribution in [0.15, 0.2) is 41.3 Å². The van der Waals surface area contributed by atoms with Crippen molar-refractivity contribution in [3.8, 4) is 0 Å². The van der Waals surface area contributed by atoms with Crippen LogP contribution in [-0.4, -0.2) is 38.3 Å². The Kier molecular flexibility index (Phi) is 4.80. The molecule has 0 spiro atoms. The first kappa shape index (κ1) is 15.7. The van der Waals surface area contributed by atoms with E-state index in [1.54, 1.807) is 0 Å². The van der Waals surface area contributed by atoms with E-state index in [1.165, 1.54) is 35.6 Å². The minimum atomic E-state index is -3.52. The molecule has 1 aliphatic rings. The Morgan fingerprint density at radius 3 is 2.57 bits per heavy atom. The molecule has 0 saturated heterocycles. The molecule has 6 heteroatoms. The van der Waals surface area contributed by atoms with Gasteiger partial charge in [-0.3, -0.25) is 4.79 Å². The molecule has 1 amide bonds. The maximum absolute atomic E-state index is 12.7. The number of rotatable bonds is 5. The Balaban J connectivity index is 2.25. The van der Waals surface area contributed by atoms with E-state index in [0.29, 0.717) is 12.1 Å². The van der Waals surface area contributed by atoms with Crippen molar-refractivity contribution < 1.29 is 13.2 Å². The molecule has 21 heavy (non-hydrogen) atoms. The van der Waals surface area contributed by atoms with Gasteiger partial charge in [-0.2, -0.15) is 4.31 Å². The third-order valence-electron chi connectivity index (χ3n) is 3.55. The molecule has 1 unspecified atom stereocenters. The van der Waals surface area contributed by atoms with Gasteiger partial charge in [0.2, 0.25) is 10.0 Å². The monoisotopic (exact) mass is 308 g/mol. The van der Waals surface area contributed by atoms with Crippen molar-refractivity contribution >= 4 is 15.9 Å². The first-order valence-electron chi connectivity index (χ1n) is 7.01. The third kappa shape index (κ3) is 3.16. The minimum Gasteiger partial charge on any atom is -0.355 e. The molecule has 114 valence electrons. The minimum absolute atomic E-state index is 0.0707. The number of carbonyl (C=O) groups is 1. The number of amides is 1. The second-order valence-electron chi connectivity index (χ2n) is 4.96. The van der Waals surface area contributed by atoms with Crippen molar-refractivity contribution in [2.24, 2.45) is 0 Å². The number of hydrogen-bond donors (Lipinski definition) is 1. The molecule has 2 rings (SSSR count). The van der Waals surface area contributed by atoms with Crippen molar-refractivity contribution in [2.45, 2.75) is 30.7 Å². The number of hydrogen-bond acceptors (Lipinski definition) is 3. The summed E-state index contributed by atoms with van der Waals surface area (Å²) < 4.78 is 26.8. The molecule has 5 nitrogen and oxygen atoms in total. The van der Waals surface area contributed by atoms with Gasteiger partial charge in [0.05, 0.1) is 4.90 Å². The summed E-state index contributed by atoms with van der Waals surface area (Å²) in [6, 6.07) is 5.97. The zero-order chi connectivity index (χ0) is 15.5. The van der Waals surface area contributed by atoms with Crippen molar-refractivity contribution in [3.05, 3.63) is 42.0 Å². The van der Waals surface area contributed by atoms with Crippen molar-refractivity contribution in [1.82, 2.24) is 9.62 Å². The second-order valence-corrected chi connectivity index (χ2v) is 6.85. The predicted molar refractivity (Wildman–Crippen MR) is 81.6 cm³/mol. The van der Waals surface area contributed by atoms with Crippen LogP contribution in [0.1, 0.15) is 30.1 Å². The zero-order valence-electron chi connectivity index (χ0n) is 12.2. The van der Waals surface area contributed by atoms with E-state index in [2.05, 4.69) is 5.32 Å². The lowest BCUT2D eigenvalue weighted by molar-refractivity contribution is 0.0963. The molecule has 1 N–H and O–H groups in total. The summed E-state index contributed by atoms with van der Waals surface area (Å²) >= 11 is 0. The van der Waals surface area contributed by atoms with Crippen LogP contribution in [0.2, 0.25) is 0 Å². The topological polar surface area (TPSA) is 66.5 Å². The molecule has 1 atom stereocenters. The van der Waals surface area contributed by atoms with Gasteiger partial charge in [-0.1, -0.05) is 25.5 Å². The number of benzene rings is 1. The van der Waals surface area contributed by atoms with Gasteiger partial charge >= 0.3 is 0 Å². The van der Waals surface area contributed by atoms with Crippen LogP contribution in [-0.2, 0) is 10.0 Å².